The highest BCUT2D eigenvalue weighted by Gasteiger charge is 1.98. The molecule has 0 heterocycles. The molecule has 50 valence electrons. The van der Waals surface area contributed by atoms with Crippen molar-refractivity contribution in [1.29, 1.82) is 0 Å². The third-order valence-corrected chi connectivity index (χ3v) is 1.51. The average molecular weight is 136 g/mol. The summed E-state index contributed by atoms with van der Waals surface area (Å²) in [5.41, 5.74) is 0. The minimum absolute atomic E-state index is 0.111. The third-order valence-electron chi connectivity index (χ3n) is 0.866. The number of hydrogen-bond donors (Lipinski definition) is 2. The second-order valence-corrected chi connectivity index (χ2v) is 2.60. The monoisotopic (exact) mass is 136 g/mol. The van der Waals surface area contributed by atoms with Crippen molar-refractivity contribution in [1.82, 2.24) is 0 Å². The summed E-state index contributed by atoms with van der Waals surface area (Å²) in [4.78, 5) is 0. The Balaban J connectivity index is 2.86. The first-order valence-electron chi connectivity index (χ1n) is 2.59. The lowest BCUT2D eigenvalue weighted by Crippen LogP contribution is -2.12. The van der Waals surface area contributed by atoms with E-state index < -0.39 is 6.10 Å². The summed E-state index contributed by atoms with van der Waals surface area (Å²) in [5.74, 6) is 0.918. The third kappa shape index (κ3) is 4.43. The first kappa shape index (κ1) is 8.27. The maximum absolute atomic E-state index is 8.73. The Labute approximate surface area is 53.9 Å². The van der Waals surface area contributed by atoms with E-state index in [-0.39, 0.29) is 6.61 Å². The summed E-state index contributed by atoms with van der Waals surface area (Å²) in [7, 11) is 0. The molecule has 8 heavy (non-hydrogen) atoms. The molecule has 0 fully saturated rings. The predicted molar refractivity (Wildman–Crippen MR) is 36.1 cm³/mol. The molecule has 0 aromatic heterocycles. The lowest BCUT2D eigenvalue weighted by Gasteiger charge is -2.02. The molecule has 0 saturated heterocycles. The zero-order chi connectivity index (χ0) is 6.41. The Morgan fingerprint density at radius 3 is 2.62 bits per heavy atom. The Morgan fingerprint density at radius 2 is 2.25 bits per heavy atom. The maximum atomic E-state index is 8.73. The van der Waals surface area contributed by atoms with Crippen LogP contribution < -0.4 is 0 Å². The van der Waals surface area contributed by atoms with Gasteiger partial charge in [-0.2, -0.15) is 11.8 Å². The first-order chi connectivity index (χ1) is 3.81. The van der Waals surface area contributed by atoms with Crippen LogP contribution in [0.4, 0.5) is 0 Å². The van der Waals surface area contributed by atoms with Crippen molar-refractivity contribution in [3.05, 3.63) is 0 Å². The molecule has 0 aliphatic carbocycles. The van der Waals surface area contributed by atoms with Gasteiger partial charge in [-0.15, -0.1) is 0 Å². The Kier molecular flexibility index (Phi) is 5.59. The van der Waals surface area contributed by atoms with Crippen LogP contribution in [0.15, 0.2) is 0 Å². The van der Waals surface area contributed by atoms with Crippen molar-refractivity contribution in [3.8, 4) is 0 Å². The molecule has 0 spiro atoms. The molecule has 0 saturated carbocycles. The van der Waals surface area contributed by atoms with E-state index in [9.17, 15) is 0 Å². The fourth-order valence-electron chi connectivity index (χ4n) is 0.345. The molecule has 0 radical (unpaired) electrons. The number of aliphatic hydroxyl groups is 2. The van der Waals surface area contributed by atoms with Gasteiger partial charge < -0.3 is 10.2 Å². The molecule has 1 atom stereocenters. The van der Waals surface area contributed by atoms with Crippen LogP contribution in [0.3, 0.4) is 0 Å². The van der Waals surface area contributed by atoms with Gasteiger partial charge in [0.1, 0.15) is 0 Å². The van der Waals surface area contributed by atoms with Crippen LogP contribution in [-0.2, 0) is 0 Å². The molecule has 0 aromatic carbocycles. The fraction of sp³-hybridized carbons (Fsp3) is 1.00. The molecule has 0 rings (SSSR count). The van der Waals surface area contributed by atoms with Crippen molar-refractivity contribution in [2.45, 2.75) is 12.5 Å². The van der Waals surface area contributed by atoms with Crippen molar-refractivity contribution in [3.63, 3.8) is 0 Å². The topological polar surface area (TPSA) is 40.5 Å². The van der Waals surface area contributed by atoms with Gasteiger partial charge in [-0.05, 0) is 18.4 Å². The van der Waals surface area contributed by atoms with E-state index in [0.29, 0.717) is 6.42 Å². The van der Waals surface area contributed by atoms with Crippen LogP contribution >= 0.6 is 11.8 Å². The Morgan fingerprint density at radius 1 is 1.62 bits per heavy atom. The van der Waals surface area contributed by atoms with Gasteiger partial charge in [0.25, 0.3) is 0 Å². The number of thioether (sulfide) groups is 1. The molecule has 2 N–H and O–H groups in total. The highest BCUT2D eigenvalue weighted by atomic mass is 32.2. The molecule has 0 unspecified atom stereocenters. The molecule has 0 aliphatic heterocycles. The molecule has 2 nitrogen and oxygen atoms in total. The first-order valence-corrected chi connectivity index (χ1v) is 3.98. The van der Waals surface area contributed by atoms with Crippen molar-refractivity contribution in [2.75, 3.05) is 18.6 Å². The number of hydrogen-bond acceptors (Lipinski definition) is 3. The van der Waals surface area contributed by atoms with Gasteiger partial charge in [-0.1, -0.05) is 0 Å². The predicted octanol–water partition coefficient (Wildman–Crippen LogP) is 0.0927. The van der Waals surface area contributed by atoms with Gasteiger partial charge in [0.05, 0.1) is 12.7 Å². The second kappa shape index (κ2) is 5.41. The summed E-state index contributed by atoms with van der Waals surface area (Å²) in [5, 5.41) is 17.0. The summed E-state index contributed by atoms with van der Waals surface area (Å²) in [6.07, 6.45) is 2.16. The standard InChI is InChI=1S/C5H12O2S/c1-8-3-2-5(7)4-6/h5-7H,2-4H2,1H3/t5-/m1/s1. The van der Waals surface area contributed by atoms with E-state index in [1.807, 2.05) is 6.26 Å². The van der Waals surface area contributed by atoms with Crippen molar-refractivity contribution < 1.29 is 10.2 Å². The molecule has 3 heteroatoms. The maximum Gasteiger partial charge on any atom is 0.0778 e. The number of aliphatic hydroxyl groups excluding tert-OH is 2. The molecule has 0 amide bonds. The minimum atomic E-state index is -0.512. The lowest BCUT2D eigenvalue weighted by molar-refractivity contribution is 0.0932. The van der Waals surface area contributed by atoms with Gasteiger partial charge in [-0.25, -0.2) is 0 Å². The van der Waals surface area contributed by atoms with Gasteiger partial charge in [0, 0.05) is 0 Å². The van der Waals surface area contributed by atoms with Crippen LogP contribution in [-0.4, -0.2) is 34.9 Å². The largest absolute Gasteiger partial charge is 0.394 e. The summed E-state index contributed by atoms with van der Waals surface area (Å²) >= 11 is 1.67. The summed E-state index contributed by atoms with van der Waals surface area (Å²) in [6, 6.07) is 0. The van der Waals surface area contributed by atoms with Crippen LogP contribution in [0.1, 0.15) is 6.42 Å². The molecule has 0 aromatic rings. The molecule has 0 bridgehead atoms. The van der Waals surface area contributed by atoms with E-state index in [1.54, 1.807) is 11.8 Å². The van der Waals surface area contributed by atoms with Crippen LogP contribution in [0.2, 0.25) is 0 Å². The van der Waals surface area contributed by atoms with Crippen molar-refractivity contribution in [2.24, 2.45) is 0 Å². The average Bonchev–Trinajstić information content (AvgIpc) is 1.83. The summed E-state index contributed by atoms with van der Waals surface area (Å²) < 4.78 is 0. The van der Waals surface area contributed by atoms with E-state index in [0.717, 1.165) is 5.75 Å². The highest BCUT2D eigenvalue weighted by molar-refractivity contribution is 7.98. The summed E-state index contributed by atoms with van der Waals surface area (Å²) in [6.45, 7) is -0.111. The second-order valence-electron chi connectivity index (χ2n) is 1.62. The fourth-order valence-corrected chi connectivity index (χ4v) is 0.853. The normalized spacial score (nSPS) is 13.9. The zero-order valence-corrected chi connectivity index (χ0v) is 5.82. The van der Waals surface area contributed by atoms with Crippen LogP contribution in [0.25, 0.3) is 0 Å². The molecular weight excluding hydrogens is 124 g/mol. The quantitative estimate of drug-likeness (QED) is 0.575. The van der Waals surface area contributed by atoms with Gasteiger partial charge in [0.2, 0.25) is 0 Å². The van der Waals surface area contributed by atoms with E-state index >= 15 is 0 Å². The SMILES string of the molecule is CSCC[C@@H](O)CO. The van der Waals surface area contributed by atoms with E-state index in [4.69, 9.17) is 10.2 Å². The Hall–Kier alpha value is 0.270. The zero-order valence-electron chi connectivity index (χ0n) is 5.00. The lowest BCUT2D eigenvalue weighted by atomic mass is 10.3. The van der Waals surface area contributed by atoms with Gasteiger partial charge in [0.15, 0.2) is 0 Å². The van der Waals surface area contributed by atoms with Gasteiger partial charge in [-0.3, -0.25) is 0 Å². The smallest absolute Gasteiger partial charge is 0.0778 e. The van der Waals surface area contributed by atoms with Crippen molar-refractivity contribution >= 4 is 11.8 Å². The highest BCUT2D eigenvalue weighted by Crippen LogP contribution is 1.98. The molecular formula is C5H12O2S. The van der Waals surface area contributed by atoms with Crippen LogP contribution in [0.5, 0.6) is 0 Å². The van der Waals surface area contributed by atoms with Gasteiger partial charge >= 0.3 is 0 Å². The Bertz CT molecular complexity index is 49.7. The van der Waals surface area contributed by atoms with E-state index in [2.05, 4.69) is 0 Å². The number of rotatable bonds is 4. The molecule has 0 aliphatic rings. The van der Waals surface area contributed by atoms with Crippen LogP contribution in [0, 0.1) is 0 Å². The minimum Gasteiger partial charge on any atom is -0.394 e. The van der Waals surface area contributed by atoms with E-state index in [1.165, 1.54) is 0 Å².